The van der Waals surface area contributed by atoms with Gasteiger partial charge in [-0.1, -0.05) is 43.3 Å². The fourth-order valence-electron chi connectivity index (χ4n) is 2.64. The lowest BCUT2D eigenvalue weighted by Crippen LogP contribution is -2.24. The summed E-state index contributed by atoms with van der Waals surface area (Å²) in [5, 5.41) is 2.85. The molecule has 0 aliphatic heterocycles. The Morgan fingerprint density at radius 2 is 1.76 bits per heavy atom. The van der Waals surface area contributed by atoms with Gasteiger partial charge >= 0.3 is 0 Å². The number of anilines is 1. The van der Waals surface area contributed by atoms with E-state index in [1.165, 1.54) is 24.5 Å². The van der Waals surface area contributed by atoms with Gasteiger partial charge in [0.15, 0.2) is 0 Å². The molecular weight excluding hydrogens is 336 g/mol. The van der Waals surface area contributed by atoms with Crippen molar-refractivity contribution < 1.29 is 13.2 Å². The van der Waals surface area contributed by atoms with Crippen LogP contribution in [0, 0.1) is 6.92 Å². The minimum atomic E-state index is -3.56. The maximum Gasteiger partial charge on any atom is 0.242 e. The molecule has 0 bridgehead atoms. The molecule has 25 heavy (non-hydrogen) atoms. The van der Waals surface area contributed by atoms with Crippen molar-refractivity contribution in [3.8, 4) is 0 Å². The molecule has 0 aromatic heterocycles. The van der Waals surface area contributed by atoms with Crippen molar-refractivity contribution >= 4 is 21.6 Å². The lowest BCUT2D eigenvalue weighted by atomic mass is 9.95. The third kappa shape index (κ3) is 4.27. The molecule has 2 rings (SSSR count). The van der Waals surface area contributed by atoms with E-state index in [4.69, 9.17) is 0 Å². The number of rotatable bonds is 6. The first-order valence-electron chi connectivity index (χ1n) is 8.16. The minimum Gasteiger partial charge on any atom is -0.326 e. The van der Waals surface area contributed by atoms with Crippen molar-refractivity contribution in [3.63, 3.8) is 0 Å². The smallest absolute Gasteiger partial charge is 0.242 e. The average molecular weight is 360 g/mol. The van der Waals surface area contributed by atoms with E-state index in [0.717, 1.165) is 5.56 Å². The van der Waals surface area contributed by atoms with E-state index in [-0.39, 0.29) is 16.7 Å². The Balaban J connectivity index is 2.30. The van der Waals surface area contributed by atoms with Gasteiger partial charge in [-0.25, -0.2) is 12.7 Å². The van der Waals surface area contributed by atoms with Crippen LogP contribution < -0.4 is 5.32 Å². The highest BCUT2D eigenvalue weighted by Gasteiger charge is 2.22. The van der Waals surface area contributed by atoms with Crippen LogP contribution in [0.15, 0.2) is 53.4 Å². The van der Waals surface area contributed by atoms with Gasteiger partial charge in [-0.2, -0.15) is 0 Å². The molecule has 0 heterocycles. The molecule has 5 nitrogen and oxygen atoms in total. The van der Waals surface area contributed by atoms with Gasteiger partial charge in [0.25, 0.3) is 0 Å². The predicted octanol–water partition coefficient (Wildman–Crippen LogP) is 3.38. The first-order chi connectivity index (χ1) is 11.8. The average Bonchev–Trinajstić information content (AvgIpc) is 2.58. The van der Waals surface area contributed by atoms with Crippen LogP contribution in [0.25, 0.3) is 0 Å². The monoisotopic (exact) mass is 360 g/mol. The maximum absolute atomic E-state index is 12.7. The van der Waals surface area contributed by atoms with Crippen molar-refractivity contribution in [1.29, 1.82) is 0 Å². The van der Waals surface area contributed by atoms with Gasteiger partial charge in [0, 0.05) is 19.8 Å². The molecule has 1 N–H and O–H groups in total. The zero-order valence-electron chi connectivity index (χ0n) is 15.0. The molecular formula is C19H24N2O3S. The molecule has 2 aromatic rings. The topological polar surface area (TPSA) is 66.5 Å². The Hall–Kier alpha value is -2.18. The van der Waals surface area contributed by atoms with Crippen LogP contribution in [-0.2, 0) is 14.8 Å². The zero-order valence-corrected chi connectivity index (χ0v) is 15.8. The second-order valence-corrected chi connectivity index (χ2v) is 8.25. The van der Waals surface area contributed by atoms with Crippen LogP contribution in [-0.4, -0.2) is 32.7 Å². The Kier molecular flexibility index (Phi) is 5.98. The van der Waals surface area contributed by atoms with E-state index in [9.17, 15) is 13.2 Å². The van der Waals surface area contributed by atoms with E-state index >= 15 is 0 Å². The Labute approximate surface area is 149 Å². The van der Waals surface area contributed by atoms with Crippen LogP contribution in [0.4, 0.5) is 5.69 Å². The summed E-state index contributed by atoms with van der Waals surface area (Å²) >= 11 is 0. The standard InChI is InChI=1S/C19H24N2O3S/c1-5-17(15-9-7-6-8-10-15)19(22)20-16-12-11-14(2)18(13-16)25(23,24)21(3)4/h6-13,17H,5H2,1-4H3,(H,20,22)/t17-/m0/s1. The summed E-state index contributed by atoms with van der Waals surface area (Å²) in [5.74, 6) is -0.429. The van der Waals surface area contributed by atoms with Gasteiger partial charge < -0.3 is 5.32 Å². The van der Waals surface area contributed by atoms with E-state index in [2.05, 4.69) is 5.32 Å². The van der Waals surface area contributed by atoms with Crippen molar-refractivity contribution in [1.82, 2.24) is 4.31 Å². The molecule has 2 aromatic carbocycles. The van der Waals surface area contributed by atoms with E-state index in [1.807, 2.05) is 37.3 Å². The first kappa shape index (κ1) is 19.1. The Morgan fingerprint density at radius 3 is 2.32 bits per heavy atom. The molecule has 0 spiro atoms. The highest BCUT2D eigenvalue weighted by atomic mass is 32.2. The quantitative estimate of drug-likeness (QED) is 0.859. The van der Waals surface area contributed by atoms with Gasteiger partial charge in [0.1, 0.15) is 0 Å². The van der Waals surface area contributed by atoms with Gasteiger partial charge in [-0.3, -0.25) is 4.79 Å². The second kappa shape index (κ2) is 7.80. The number of benzene rings is 2. The van der Waals surface area contributed by atoms with Crippen molar-refractivity contribution in [2.75, 3.05) is 19.4 Å². The van der Waals surface area contributed by atoms with Gasteiger partial charge in [-0.05, 0) is 36.6 Å². The van der Waals surface area contributed by atoms with Gasteiger partial charge in [-0.15, -0.1) is 0 Å². The number of hydrogen-bond acceptors (Lipinski definition) is 3. The number of amides is 1. The lowest BCUT2D eigenvalue weighted by molar-refractivity contribution is -0.117. The summed E-state index contributed by atoms with van der Waals surface area (Å²) in [7, 11) is -0.585. The minimum absolute atomic E-state index is 0.147. The van der Waals surface area contributed by atoms with Gasteiger partial charge in [0.2, 0.25) is 15.9 Å². The molecule has 0 fully saturated rings. The van der Waals surface area contributed by atoms with Crippen LogP contribution in [0.5, 0.6) is 0 Å². The number of carbonyl (C=O) groups excluding carboxylic acids is 1. The van der Waals surface area contributed by atoms with Gasteiger partial charge in [0.05, 0.1) is 10.8 Å². The predicted molar refractivity (Wildman–Crippen MR) is 100 cm³/mol. The molecule has 0 saturated heterocycles. The fraction of sp³-hybridized carbons (Fsp3) is 0.316. The third-order valence-electron chi connectivity index (χ3n) is 4.14. The molecule has 0 radical (unpaired) electrons. The highest BCUT2D eigenvalue weighted by molar-refractivity contribution is 7.89. The Morgan fingerprint density at radius 1 is 1.12 bits per heavy atom. The van der Waals surface area contributed by atoms with E-state index < -0.39 is 10.0 Å². The van der Waals surface area contributed by atoms with E-state index in [1.54, 1.807) is 19.1 Å². The van der Waals surface area contributed by atoms with Crippen LogP contribution in [0.1, 0.15) is 30.4 Å². The SMILES string of the molecule is CC[C@H](C(=O)Nc1ccc(C)c(S(=O)(=O)N(C)C)c1)c1ccccc1. The Bertz CT molecular complexity index is 846. The summed E-state index contributed by atoms with van der Waals surface area (Å²) < 4.78 is 26.0. The number of nitrogens with one attached hydrogen (secondary N) is 1. The van der Waals surface area contributed by atoms with E-state index in [0.29, 0.717) is 17.7 Å². The van der Waals surface area contributed by atoms with Crippen LogP contribution >= 0.6 is 0 Å². The first-order valence-corrected chi connectivity index (χ1v) is 9.60. The van der Waals surface area contributed by atoms with Crippen molar-refractivity contribution in [2.45, 2.75) is 31.1 Å². The molecule has 134 valence electrons. The number of hydrogen-bond donors (Lipinski definition) is 1. The molecule has 0 aliphatic rings. The molecule has 0 aliphatic carbocycles. The molecule has 1 atom stereocenters. The summed E-state index contributed by atoms with van der Waals surface area (Å²) in [6.07, 6.45) is 0.657. The second-order valence-electron chi connectivity index (χ2n) is 6.13. The number of nitrogens with zero attached hydrogens (tertiary/aromatic N) is 1. The summed E-state index contributed by atoms with van der Waals surface area (Å²) in [6.45, 7) is 3.69. The van der Waals surface area contributed by atoms with Crippen molar-refractivity contribution in [3.05, 3.63) is 59.7 Å². The largest absolute Gasteiger partial charge is 0.326 e. The van der Waals surface area contributed by atoms with Crippen LogP contribution in [0.2, 0.25) is 0 Å². The third-order valence-corrected chi connectivity index (χ3v) is 6.10. The summed E-state index contributed by atoms with van der Waals surface area (Å²) in [4.78, 5) is 12.9. The number of carbonyl (C=O) groups is 1. The summed E-state index contributed by atoms with van der Waals surface area (Å²) in [6, 6.07) is 14.5. The lowest BCUT2D eigenvalue weighted by Gasteiger charge is -2.18. The zero-order chi connectivity index (χ0) is 18.6. The normalized spacial score (nSPS) is 12.8. The fourth-order valence-corrected chi connectivity index (χ4v) is 3.78. The maximum atomic E-state index is 12.7. The molecule has 0 saturated carbocycles. The molecule has 1 amide bonds. The van der Waals surface area contributed by atoms with Crippen molar-refractivity contribution in [2.24, 2.45) is 0 Å². The highest BCUT2D eigenvalue weighted by Crippen LogP contribution is 2.25. The number of aryl methyl sites for hydroxylation is 1. The number of sulfonamides is 1. The molecule has 6 heteroatoms. The van der Waals surface area contributed by atoms with Crippen LogP contribution in [0.3, 0.4) is 0 Å². The summed E-state index contributed by atoms with van der Waals surface area (Å²) in [5.41, 5.74) is 2.06. The molecule has 0 unspecified atom stereocenters.